The van der Waals surface area contributed by atoms with Crippen LogP contribution in [0, 0.1) is 0 Å². The van der Waals surface area contributed by atoms with Crippen LogP contribution in [-0.2, 0) is 25.1 Å². The summed E-state index contributed by atoms with van der Waals surface area (Å²) < 4.78 is 21.2. The number of hydrogen-bond acceptors (Lipinski definition) is 5. The molecule has 4 aromatic carbocycles. The van der Waals surface area contributed by atoms with Crippen LogP contribution >= 0.6 is 14.3 Å². The number of fused-ring (bicyclic) bond motifs is 2. The molecule has 2 aliphatic heterocycles. The molecular weight excluding hydrogens is 626 g/mol. The second kappa shape index (κ2) is 19.4. The van der Waals surface area contributed by atoms with Crippen molar-refractivity contribution < 1.29 is 24.9 Å². The number of anilines is 2. The monoisotopic (exact) mass is 674 g/mol. The lowest BCUT2D eigenvalue weighted by Gasteiger charge is -1.97. The third kappa shape index (κ3) is 15.2. The number of carbonyl (C=O) groups is 3. The van der Waals surface area contributed by atoms with E-state index in [1.807, 2.05) is 117 Å². The van der Waals surface area contributed by atoms with Crippen molar-refractivity contribution in [1.82, 2.24) is 0 Å². The van der Waals surface area contributed by atoms with Gasteiger partial charge in [-0.15, -0.1) is 0 Å². The maximum Gasteiger partial charge on any atom is 0.256 e. The van der Waals surface area contributed by atoms with Crippen LogP contribution in [0.25, 0.3) is 11.6 Å². The predicted octanol–water partition coefficient (Wildman–Crippen LogP) is 9.36. The number of para-hydroxylation sites is 2. The molecule has 0 spiro atoms. The normalized spacial score (nSPS) is 13.3. The van der Waals surface area contributed by atoms with Gasteiger partial charge >= 0.3 is 0 Å². The van der Waals surface area contributed by atoms with Crippen molar-refractivity contribution in [2.45, 2.75) is 20.3 Å². The van der Waals surface area contributed by atoms with E-state index >= 15 is 0 Å². The van der Waals surface area contributed by atoms with Gasteiger partial charge in [0.1, 0.15) is 6.29 Å². The van der Waals surface area contributed by atoms with Crippen molar-refractivity contribution in [3.05, 3.63) is 131 Å². The highest BCUT2D eigenvalue weighted by atomic mass is 31.2. The molecular formula is C38H48N2O5P2. The Balaban J connectivity index is 0.000000322. The van der Waals surface area contributed by atoms with E-state index in [4.69, 9.17) is 0 Å². The summed E-state index contributed by atoms with van der Waals surface area (Å²) in [6.07, 6.45) is 4.94. The summed E-state index contributed by atoms with van der Waals surface area (Å²) in [6, 6.07) is 34.4. The highest BCUT2D eigenvalue weighted by Crippen LogP contribution is 2.35. The van der Waals surface area contributed by atoms with E-state index in [-0.39, 0.29) is 13.2 Å². The van der Waals surface area contributed by atoms with Crippen LogP contribution < -0.4 is 10.6 Å². The Hall–Kier alpha value is -4.31. The largest absolute Gasteiger partial charge is 0.326 e. The van der Waals surface area contributed by atoms with Gasteiger partial charge in [0.05, 0.1) is 20.7 Å². The van der Waals surface area contributed by atoms with Gasteiger partial charge in [0.2, 0.25) is 5.91 Å². The quantitative estimate of drug-likeness (QED) is 0.127. The molecule has 2 aliphatic rings. The Morgan fingerprint density at radius 2 is 1.09 bits per heavy atom. The summed E-state index contributed by atoms with van der Waals surface area (Å²) in [5.74, 6) is 0.0660. The molecule has 0 saturated carbocycles. The second-order valence-electron chi connectivity index (χ2n) is 11.7. The summed E-state index contributed by atoms with van der Waals surface area (Å²) >= 11 is 0. The number of benzene rings is 4. The molecule has 0 atom stereocenters. The predicted molar refractivity (Wildman–Crippen MR) is 202 cm³/mol. The fraction of sp³-hybridized carbons (Fsp3) is 0.237. The van der Waals surface area contributed by atoms with Crippen molar-refractivity contribution in [2.24, 2.45) is 0 Å². The number of rotatable bonds is 4. The minimum Gasteiger partial charge on any atom is -0.326 e. The van der Waals surface area contributed by atoms with Gasteiger partial charge in [0.15, 0.2) is 0 Å². The summed E-state index contributed by atoms with van der Waals surface area (Å²) in [5.41, 5.74) is 6.43. The number of amides is 2. The van der Waals surface area contributed by atoms with Crippen LogP contribution in [0.1, 0.15) is 42.3 Å². The number of carbonyl (C=O) groups excluding carboxylic acids is 3. The molecule has 6 rings (SSSR count). The minimum absolute atomic E-state index is 0. The van der Waals surface area contributed by atoms with Crippen molar-refractivity contribution in [3.8, 4) is 0 Å². The Morgan fingerprint density at radius 3 is 1.55 bits per heavy atom. The van der Waals surface area contributed by atoms with E-state index < -0.39 is 14.3 Å². The molecule has 0 aromatic heterocycles. The van der Waals surface area contributed by atoms with Crippen LogP contribution in [0.15, 0.2) is 109 Å². The van der Waals surface area contributed by atoms with Gasteiger partial charge in [0, 0.05) is 29.5 Å². The summed E-state index contributed by atoms with van der Waals surface area (Å²) in [4.78, 5) is 32.7. The first-order valence-electron chi connectivity index (χ1n) is 15.4. The van der Waals surface area contributed by atoms with E-state index in [1.165, 1.54) is 0 Å². The summed E-state index contributed by atoms with van der Waals surface area (Å²) in [6.45, 7) is 11.1. The molecule has 0 bridgehead atoms. The highest BCUT2D eigenvalue weighted by Gasteiger charge is 2.23. The summed E-state index contributed by atoms with van der Waals surface area (Å²) in [7, 11) is -3.29. The molecule has 9 heteroatoms. The van der Waals surface area contributed by atoms with E-state index in [0.717, 1.165) is 57.8 Å². The zero-order chi connectivity index (χ0) is 34.9. The first-order valence-corrected chi connectivity index (χ1v) is 21.0. The van der Waals surface area contributed by atoms with E-state index in [1.54, 1.807) is 38.8 Å². The van der Waals surface area contributed by atoms with E-state index in [0.29, 0.717) is 6.42 Å². The summed E-state index contributed by atoms with van der Waals surface area (Å²) in [5, 5.41) is 5.62. The topological polar surface area (TPSA) is 109 Å². The SMILES string of the molecule is CCP(C)(C)=O.CCP(C)(C)=O.O=C1Cc2ccccc2N1.O=C1Nc2ccccc2C1=Cc1ccccc1.O=Cc1ccccc1.[HH]. The van der Waals surface area contributed by atoms with Gasteiger partial charge in [-0.25, -0.2) is 0 Å². The van der Waals surface area contributed by atoms with Crippen LogP contribution in [0.2, 0.25) is 0 Å². The average Bonchev–Trinajstić information content (AvgIpc) is 3.60. The molecule has 2 amide bonds. The molecule has 0 unspecified atom stereocenters. The third-order valence-electron chi connectivity index (χ3n) is 6.92. The Labute approximate surface area is 281 Å². The molecule has 2 N–H and O–H groups in total. The molecule has 0 aliphatic carbocycles. The molecule has 0 saturated heterocycles. The fourth-order valence-corrected chi connectivity index (χ4v) is 3.69. The maximum atomic E-state index is 11.9. The van der Waals surface area contributed by atoms with Crippen LogP contribution in [-0.4, -0.2) is 57.1 Å². The zero-order valence-corrected chi connectivity index (χ0v) is 29.9. The van der Waals surface area contributed by atoms with Gasteiger partial charge in [-0.05, 0) is 68.3 Å². The lowest BCUT2D eigenvalue weighted by molar-refractivity contribution is -0.115. The minimum atomic E-state index is -1.65. The number of nitrogens with one attached hydrogen (secondary N) is 2. The number of aldehydes is 1. The van der Waals surface area contributed by atoms with Crippen LogP contribution in [0.4, 0.5) is 11.4 Å². The van der Waals surface area contributed by atoms with E-state index in [9.17, 15) is 23.5 Å². The third-order valence-corrected chi connectivity index (χ3v) is 9.97. The van der Waals surface area contributed by atoms with Crippen molar-refractivity contribution >= 4 is 55.4 Å². The van der Waals surface area contributed by atoms with Crippen LogP contribution in [0.3, 0.4) is 0 Å². The van der Waals surface area contributed by atoms with Gasteiger partial charge in [-0.2, -0.15) is 0 Å². The molecule has 2 heterocycles. The van der Waals surface area contributed by atoms with E-state index in [2.05, 4.69) is 10.6 Å². The average molecular weight is 675 g/mol. The number of hydrogen-bond donors (Lipinski definition) is 2. The van der Waals surface area contributed by atoms with Gasteiger partial charge in [0.25, 0.3) is 5.91 Å². The molecule has 0 fully saturated rings. The Morgan fingerprint density at radius 1 is 0.638 bits per heavy atom. The van der Waals surface area contributed by atoms with Crippen molar-refractivity contribution in [3.63, 3.8) is 0 Å². The lowest BCUT2D eigenvalue weighted by atomic mass is 10.0. The van der Waals surface area contributed by atoms with Gasteiger partial charge in [-0.1, -0.05) is 111 Å². The standard InChI is InChI=1S/C15H11NO.C8H7NO.C7H6O.2C4H11OP.H2/c17-15-13(10-11-6-2-1-3-7-11)12-8-4-5-9-14(12)16-15;10-8-5-6-3-1-2-4-7(6)9-8;8-6-7-4-2-1-3-5-7;2*1-4-6(2,3)5;/h1-10H,(H,16,17);1-4H,5H2,(H,9,10);1-6H;2*4H2,1-3H3;1H. The maximum absolute atomic E-state index is 11.9. The van der Waals surface area contributed by atoms with Gasteiger partial charge < -0.3 is 19.8 Å². The Bertz CT molecular complexity index is 1680. The van der Waals surface area contributed by atoms with Crippen LogP contribution in [0.5, 0.6) is 0 Å². The smallest absolute Gasteiger partial charge is 0.256 e. The highest BCUT2D eigenvalue weighted by molar-refractivity contribution is 7.62. The molecule has 7 nitrogen and oxygen atoms in total. The zero-order valence-electron chi connectivity index (χ0n) is 28.1. The van der Waals surface area contributed by atoms with Gasteiger partial charge in [-0.3, -0.25) is 14.4 Å². The first-order chi connectivity index (χ1) is 22.3. The van der Waals surface area contributed by atoms with Crippen molar-refractivity contribution in [1.29, 1.82) is 0 Å². The van der Waals surface area contributed by atoms with Crippen molar-refractivity contribution in [2.75, 3.05) is 49.6 Å². The fourth-order valence-electron chi connectivity index (χ4n) is 3.69. The molecule has 4 aromatic rings. The lowest BCUT2D eigenvalue weighted by Crippen LogP contribution is -2.03. The second-order valence-corrected chi connectivity index (χ2v) is 19.2. The molecule has 47 heavy (non-hydrogen) atoms. The first kappa shape index (κ1) is 38.9. The molecule has 0 radical (unpaired) electrons. The Kier molecular flexibility index (Phi) is 16.0. The molecule has 250 valence electrons.